The van der Waals surface area contributed by atoms with Gasteiger partial charge in [-0.25, -0.2) is 0 Å². The predicted molar refractivity (Wildman–Crippen MR) is 155 cm³/mol. The average molecular weight is 579 g/mol. The first-order valence-corrected chi connectivity index (χ1v) is 15.5. The lowest BCUT2D eigenvalue weighted by Gasteiger charge is -2.46. The molecular formula is C31H42N6O5. The highest BCUT2D eigenvalue weighted by molar-refractivity contribution is 6.38. The van der Waals surface area contributed by atoms with E-state index >= 15 is 0 Å². The summed E-state index contributed by atoms with van der Waals surface area (Å²) in [6.45, 7) is 4.80. The van der Waals surface area contributed by atoms with E-state index in [-0.39, 0.29) is 29.7 Å². The Bertz CT molecular complexity index is 1220. The maximum absolute atomic E-state index is 14.0. The number of carbonyl (C=O) groups excluding carboxylic acids is 5. The predicted octanol–water partition coefficient (Wildman–Crippen LogP) is 0.982. The van der Waals surface area contributed by atoms with Gasteiger partial charge in [0.2, 0.25) is 18.1 Å². The quantitative estimate of drug-likeness (QED) is 0.314. The van der Waals surface area contributed by atoms with Crippen molar-refractivity contribution >= 4 is 35.6 Å². The number of hydrogen-bond donors (Lipinski definition) is 2. The zero-order valence-corrected chi connectivity index (χ0v) is 24.4. The molecule has 1 spiro atoms. The molecule has 42 heavy (non-hydrogen) atoms. The molecule has 0 aromatic heterocycles. The Labute approximate surface area is 246 Å². The number of piperidine rings is 1. The third kappa shape index (κ3) is 6.02. The first kappa shape index (κ1) is 28.6. The van der Waals surface area contributed by atoms with Gasteiger partial charge >= 0.3 is 0 Å². The molecule has 2 saturated carbocycles. The van der Waals surface area contributed by atoms with Crippen molar-refractivity contribution in [3.8, 4) is 0 Å². The number of rotatable bonds is 10. The molecule has 0 radical (unpaired) electrons. The number of nitrogens with zero attached hydrogens (tertiary/aromatic N) is 4. The highest BCUT2D eigenvalue weighted by atomic mass is 16.2. The Hall–Kier alpha value is -3.47. The fourth-order valence-electron chi connectivity index (χ4n) is 6.78. The Kier molecular flexibility index (Phi) is 7.95. The number of likely N-dealkylation sites (tertiary alicyclic amines) is 1. The number of amides is 4. The molecule has 0 unspecified atom stereocenters. The zero-order valence-electron chi connectivity index (χ0n) is 24.4. The van der Waals surface area contributed by atoms with Crippen LogP contribution in [0.1, 0.15) is 61.7 Å². The Morgan fingerprint density at radius 1 is 1.05 bits per heavy atom. The Morgan fingerprint density at radius 2 is 1.76 bits per heavy atom. The number of carbonyl (C=O) groups is 5. The minimum Gasteiger partial charge on any atom is -0.369 e. The van der Waals surface area contributed by atoms with Crippen LogP contribution in [0, 0.1) is 11.3 Å². The van der Waals surface area contributed by atoms with Crippen LogP contribution in [0.5, 0.6) is 0 Å². The monoisotopic (exact) mass is 578 g/mol. The molecule has 0 bridgehead atoms. The van der Waals surface area contributed by atoms with Gasteiger partial charge in [0.15, 0.2) is 0 Å². The number of nitrogens with one attached hydrogen (secondary N) is 2. The molecule has 3 heterocycles. The number of ketones is 1. The van der Waals surface area contributed by atoms with Crippen LogP contribution in [0.4, 0.5) is 5.69 Å². The van der Waals surface area contributed by atoms with Gasteiger partial charge in [-0.1, -0.05) is 0 Å². The summed E-state index contributed by atoms with van der Waals surface area (Å²) < 4.78 is 0. The van der Waals surface area contributed by atoms with Crippen LogP contribution in [-0.2, 0) is 19.2 Å². The molecule has 11 heteroatoms. The van der Waals surface area contributed by atoms with Crippen LogP contribution < -0.4 is 15.5 Å². The molecule has 3 aliphatic heterocycles. The van der Waals surface area contributed by atoms with E-state index < -0.39 is 29.8 Å². The smallest absolute Gasteiger partial charge is 0.289 e. The lowest BCUT2D eigenvalue weighted by Crippen LogP contribution is -2.61. The molecule has 6 rings (SSSR count). The topological polar surface area (TPSA) is 122 Å². The number of likely N-dealkylation sites (N-methyl/N-ethyl adjacent to an activating group) is 1. The molecule has 2 N–H and O–H groups in total. The van der Waals surface area contributed by atoms with E-state index in [1.54, 1.807) is 4.90 Å². The van der Waals surface area contributed by atoms with E-state index in [0.29, 0.717) is 37.9 Å². The van der Waals surface area contributed by atoms with Gasteiger partial charge in [-0.2, -0.15) is 0 Å². The molecule has 11 nitrogen and oxygen atoms in total. The summed E-state index contributed by atoms with van der Waals surface area (Å²) in [5.74, 6) is -2.27. The minimum atomic E-state index is -1.12. The van der Waals surface area contributed by atoms with Crippen molar-refractivity contribution in [3.05, 3.63) is 29.8 Å². The molecule has 5 fully saturated rings. The highest BCUT2D eigenvalue weighted by Crippen LogP contribution is 2.55. The van der Waals surface area contributed by atoms with Crippen LogP contribution in [0.3, 0.4) is 0 Å². The van der Waals surface area contributed by atoms with Gasteiger partial charge in [-0.3, -0.25) is 24.0 Å². The van der Waals surface area contributed by atoms with Crippen molar-refractivity contribution in [1.82, 2.24) is 25.3 Å². The van der Waals surface area contributed by atoms with Crippen molar-refractivity contribution in [2.75, 3.05) is 51.2 Å². The fourth-order valence-corrected chi connectivity index (χ4v) is 6.78. The van der Waals surface area contributed by atoms with E-state index in [9.17, 15) is 24.0 Å². The normalized spacial score (nSPS) is 26.0. The maximum Gasteiger partial charge on any atom is 0.289 e. The van der Waals surface area contributed by atoms with Crippen molar-refractivity contribution in [1.29, 1.82) is 0 Å². The largest absolute Gasteiger partial charge is 0.369 e. The van der Waals surface area contributed by atoms with Crippen LogP contribution in [0.25, 0.3) is 0 Å². The standard InChI is InChI=1S/C31H42N6O5/c1-34-14-16-35(17-15-34)24-6-2-21(3-7-24)30(42)36-13-11-31(9-10-31)19-26(36)37(20-38)25(18-22-8-12-32-28(22)40)27(39)29(41)33-23-4-5-23/h2-3,6-7,20,22-23,25-26H,4-5,8-19H2,1H3,(H,32,40)(H,33,41)/t22-,25-,26+/m0/s1. The van der Waals surface area contributed by atoms with Crippen LogP contribution >= 0.6 is 0 Å². The summed E-state index contributed by atoms with van der Waals surface area (Å²) in [6, 6.07) is 6.50. The second kappa shape index (κ2) is 11.7. The van der Waals surface area contributed by atoms with Crippen molar-refractivity contribution in [3.63, 3.8) is 0 Å². The van der Waals surface area contributed by atoms with Crippen LogP contribution in [-0.4, -0.2) is 109 Å². The maximum atomic E-state index is 14.0. The second-order valence-corrected chi connectivity index (χ2v) is 13.0. The fraction of sp³-hybridized carbons (Fsp3) is 0.645. The molecule has 3 atom stereocenters. The lowest BCUT2D eigenvalue weighted by molar-refractivity contribution is -0.148. The number of benzene rings is 1. The SMILES string of the molecule is CN1CCN(c2ccc(C(=O)N3CCC4(CC4)C[C@H]3N(C=O)[C@@H](C[C@@H]3CCNC3=O)C(=O)C(=O)NC3CC3)cc2)CC1. The Balaban J connectivity index is 1.25. The average Bonchev–Trinajstić information content (AvgIpc) is 3.93. The lowest BCUT2D eigenvalue weighted by atomic mass is 9.88. The molecule has 2 aliphatic carbocycles. The van der Waals surface area contributed by atoms with Crippen molar-refractivity contribution < 1.29 is 24.0 Å². The van der Waals surface area contributed by atoms with Crippen LogP contribution in [0.15, 0.2) is 24.3 Å². The summed E-state index contributed by atoms with van der Waals surface area (Å²) in [6.07, 6.45) is 5.63. The minimum absolute atomic E-state index is 0.0159. The van der Waals surface area contributed by atoms with Gasteiger partial charge in [-0.05, 0) is 88.1 Å². The summed E-state index contributed by atoms with van der Waals surface area (Å²) in [7, 11) is 2.11. The van der Waals surface area contributed by atoms with Crippen molar-refractivity contribution in [2.45, 2.75) is 69.6 Å². The molecule has 226 valence electrons. The molecular weight excluding hydrogens is 536 g/mol. The second-order valence-electron chi connectivity index (χ2n) is 13.0. The first-order valence-electron chi connectivity index (χ1n) is 15.5. The molecule has 3 saturated heterocycles. The van der Waals surface area contributed by atoms with Gasteiger partial charge in [0.25, 0.3) is 11.8 Å². The molecule has 4 amide bonds. The Morgan fingerprint density at radius 3 is 2.36 bits per heavy atom. The van der Waals surface area contributed by atoms with Gasteiger partial charge in [0.05, 0.1) is 0 Å². The van der Waals surface area contributed by atoms with E-state index in [0.717, 1.165) is 64.0 Å². The van der Waals surface area contributed by atoms with Gasteiger partial charge < -0.3 is 30.2 Å². The summed E-state index contributed by atoms with van der Waals surface area (Å²) in [5.41, 5.74) is 1.64. The van der Waals surface area contributed by atoms with E-state index in [1.165, 1.54) is 4.90 Å². The van der Waals surface area contributed by atoms with E-state index in [2.05, 4.69) is 27.5 Å². The van der Waals surface area contributed by atoms with Crippen molar-refractivity contribution in [2.24, 2.45) is 11.3 Å². The third-order valence-electron chi connectivity index (χ3n) is 9.99. The number of anilines is 1. The molecule has 1 aromatic rings. The number of Topliss-reactive ketones (excluding diaryl/α,β-unsaturated/α-hetero) is 1. The third-order valence-corrected chi connectivity index (χ3v) is 9.99. The molecule has 5 aliphatic rings. The van der Waals surface area contributed by atoms with Gasteiger partial charge in [0, 0.05) is 62.5 Å². The highest BCUT2D eigenvalue weighted by Gasteiger charge is 2.52. The van der Waals surface area contributed by atoms with E-state index in [4.69, 9.17) is 0 Å². The van der Waals surface area contributed by atoms with Gasteiger partial charge in [0.1, 0.15) is 12.2 Å². The first-order chi connectivity index (χ1) is 20.3. The summed E-state index contributed by atoms with van der Waals surface area (Å²) >= 11 is 0. The van der Waals surface area contributed by atoms with E-state index in [1.807, 2.05) is 24.3 Å². The van der Waals surface area contributed by atoms with Gasteiger partial charge in [-0.15, -0.1) is 0 Å². The number of piperazine rings is 1. The number of hydrogen-bond acceptors (Lipinski definition) is 7. The van der Waals surface area contributed by atoms with Crippen LogP contribution in [0.2, 0.25) is 0 Å². The zero-order chi connectivity index (χ0) is 29.4. The molecule has 1 aromatic carbocycles. The summed E-state index contributed by atoms with van der Waals surface area (Å²) in [4.78, 5) is 73.6. The summed E-state index contributed by atoms with van der Waals surface area (Å²) in [5, 5.41) is 5.55.